The highest BCUT2D eigenvalue weighted by atomic mass is 32.1. The fourth-order valence-corrected chi connectivity index (χ4v) is 5.49. The molecule has 3 heterocycles. The zero-order valence-electron chi connectivity index (χ0n) is 16.2. The number of likely N-dealkylation sites (tertiary alicyclic amines) is 1. The number of carbonyl (C=O) groups excluding carboxylic acids is 1. The minimum atomic E-state index is -0.212. The number of aryl methyl sites for hydroxylation is 1. The zero-order valence-corrected chi connectivity index (χ0v) is 17.1. The SMILES string of the molecule is Cc1noc(C23CC(NC(=O)c4cscn4)CC2CN(Cc2ccccc2)C3)n1. The van der Waals surface area contributed by atoms with E-state index in [0.717, 1.165) is 32.5 Å². The van der Waals surface area contributed by atoms with E-state index in [9.17, 15) is 4.79 Å². The van der Waals surface area contributed by atoms with Crippen molar-refractivity contribution in [3.05, 3.63) is 64.2 Å². The molecule has 7 nitrogen and oxygen atoms in total. The maximum absolute atomic E-state index is 12.5. The molecule has 2 aliphatic rings. The molecular weight excluding hydrogens is 386 g/mol. The number of thiazole rings is 1. The van der Waals surface area contributed by atoms with Crippen LogP contribution >= 0.6 is 11.3 Å². The van der Waals surface area contributed by atoms with Gasteiger partial charge < -0.3 is 9.84 Å². The van der Waals surface area contributed by atoms with Crippen LogP contribution in [-0.2, 0) is 12.0 Å². The molecule has 0 spiro atoms. The quantitative estimate of drug-likeness (QED) is 0.698. The molecule has 1 saturated carbocycles. The van der Waals surface area contributed by atoms with Crippen LogP contribution < -0.4 is 5.32 Å². The van der Waals surface area contributed by atoms with Crippen LogP contribution in [0.5, 0.6) is 0 Å². The van der Waals surface area contributed by atoms with Crippen molar-refractivity contribution in [2.75, 3.05) is 13.1 Å². The maximum Gasteiger partial charge on any atom is 0.270 e. The van der Waals surface area contributed by atoms with Crippen molar-refractivity contribution in [1.82, 2.24) is 25.3 Å². The molecule has 8 heteroatoms. The molecule has 3 atom stereocenters. The van der Waals surface area contributed by atoms with Gasteiger partial charge in [0, 0.05) is 31.1 Å². The molecule has 5 rings (SSSR count). The predicted molar refractivity (Wildman–Crippen MR) is 109 cm³/mol. The summed E-state index contributed by atoms with van der Waals surface area (Å²) in [6.45, 7) is 4.57. The number of amides is 1. The third-order valence-electron chi connectivity index (χ3n) is 6.15. The number of nitrogens with one attached hydrogen (secondary N) is 1. The summed E-state index contributed by atoms with van der Waals surface area (Å²) >= 11 is 1.43. The average Bonchev–Trinajstić information content (AvgIpc) is 3.46. The van der Waals surface area contributed by atoms with E-state index in [1.807, 2.05) is 13.0 Å². The van der Waals surface area contributed by atoms with Crippen LogP contribution in [-0.4, -0.2) is 45.1 Å². The number of fused-ring (bicyclic) bond motifs is 1. The second-order valence-corrected chi connectivity index (χ2v) is 8.86. The Bertz CT molecular complexity index is 990. The van der Waals surface area contributed by atoms with E-state index in [1.54, 1.807) is 10.9 Å². The first-order valence-electron chi connectivity index (χ1n) is 9.88. The van der Waals surface area contributed by atoms with Gasteiger partial charge in [-0.3, -0.25) is 9.69 Å². The van der Waals surface area contributed by atoms with Crippen molar-refractivity contribution in [3.8, 4) is 0 Å². The summed E-state index contributed by atoms with van der Waals surface area (Å²) in [6.07, 6.45) is 1.71. The van der Waals surface area contributed by atoms with E-state index in [4.69, 9.17) is 4.52 Å². The number of carbonyl (C=O) groups is 1. The van der Waals surface area contributed by atoms with Gasteiger partial charge in [0.25, 0.3) is 5.91 Å². The van der Waals surface area contributed by atoms with Crippen molar-refractivity contribution in [3.63, 3.8) is 0 Å². The molecule has 1 aliphatic carbocycles. The summed E-state index contributed by atoms with van der Waals surface area (Å²) in [5.74, 6) is 1.63. The van der Waals surface area contributed by atoms with Crippen molar-refractivity contribution in [2.24, 2.45) is 5.92 Å². The van der Waals surface area contributed by atoms with Crippen molar-refractivity contribution < 1.29 is 9.32 Å². The van der Waals surface area contributed by atoms with Gasteiger partial charge in [-0.15, -0.1) is 11.3 Å². The molecule has 1 aliphatic heterocycles. The molecule has 0 radical (unpaired) electrons. The smallest absolute Gasteiger partial charge is 0.270 e. The lowest BCUT2D eigenvalue weighted by Gasteiger charge is -2.25. The monoisotopic (exact) mass is 409 g/mol. The molecule has 1 N–H and O–H groups in total. The second kappa shape index (κ2) is 7.35. The van der Waals surface area contributed by atoms with Crippen LogP contribution in [0.15, 0.2) is 45.7 Å². The van der Waals surface area contributed by atoms with E-state index >= 15 is 0 Å². The maximum atomic E-state index is 12.5. The molecule has 0 bridgehead atoms. The Kier molecular flexibility index (Phi) is 4.67. The number of nitrogens with zero attached hydrogens (tertiary/aromatic N) is 4. The van der Waals surface area contributed by atoms with E-state index in [2.05, 4.69) is 49.6 Å². The lowest BCUT2D eigenvalue weighted by Crippen LogP contribution is -2.38. The molecule has 1 saturated heterocycles. The third kappa shape index (κ3) is 3.47. The highest BCUT2D eigenvalue weighted by Crippen LogP contribution is 2.50. The summed E-state index contributed by atoms with van der Waals surface area (Å²) in [5.41, 5.74) is 3.26. The standard InChI is InChI=1S/C21H23N5O2S/c1-14-23-20(28-25-14)21-8-17(24-19(27)18-11-29-13-22-18)7-16(21)10-26(12-21)9-15-5-3-2-4-6-15/h2-6,11,13,16-17H,7-10,12H2,1H3,(H,24,27). The lowest BCUT2D eigenvalue weighted by molar-refractivity contribution is 0.0929. The van der Waals surface area contributed by atoms with Gasteiger partial charge >= 0.3 is 0 Å². The molecule has 3 unspecified atom stereocenters. The zero-order chi connectivity index (χ0) is 19.8. The number of hydrogen-bond donors (Lipinski definition) is 1. The Morgan fingerprint density at radius 3 is 2.97 bits per heavy atom. The van der Waals surface area contributed by atoms with Crippen molar-refractivity contribution in [1.29, 1.82) is 0 Å². The molecule has 1 amide bonds. The summed E-state index contributed by atoms with van der Waals surface area (Å²) in [4.78, 5) is 23.7. The molecule has 2 aromatic heterocycles. The Hall–Kier alpha value is -2.58. The third-order valence-corrected chi connectivity index (χ3v) is 6.73. The van der Waals surface area contributed by atoms with Gasteiger partial charge in [-0.2, -0.15) is 4.98 Å². The second-order valence-electron chi connectivity index (χ2n) is 8.14. The van der Waals surface area contributed by atoms with Crippen LogP contribution in [0, 0.1) is 12.8 Å². The first kappa shape index (κ1) is 18.4. The van der Waals surface area contributed by atoms with E-state index in [1.165, 1.54) is 16.9 Å². The Labute approximate surface area is 173 Å². The molecular formula is C21H23N5O2S. The van der Waals surface area contributed by atoms with Crippen LogP contribution in [0.25, 0.3) is 0 Å². The number of rotatable bonds is 5. The van der Waals surface area contributed by atoms with Gasteiger partial charge in [0.1, 0.15) is 5.69 Å². The Morgan fingerprint density at radius 2 is 2.24 bits per heavy atom. The largest absolute Gasteiger partial charge is 0.348 e. The normalized spacial score (nSPS) is 26.5. The summed E-state index contributed by atoms with van der Waals surface area (Å²) in [5, 5.41) is 9.01. The first-order valence-corrected chi connectivity index (χ1v) is 10.8. The summed E-state index contributed by atoms with van der Waals surface area (Å²) in [6, 6.07) is 10.6. The van der Waals surface area contributed by atoms with Crippen molar-refractivity contribution >= 4 is 17.2 Å². The highest BCUT2D eigenvalue weighted by molar-refractivity contribution is 7.07. The van der Waals surface area contributed by atoms with Crippen LogP contribution in [0.2, 0.25) is 0 Å². The summed E-state index contributed by atoms with van der Waals surface area (Å²) in [7, 11) is 0. The van der Waals surface area contributed by atoms with Gasteiger partial charge in [-0.05, 0) is 31.2 Å². The minimum Gasteiger partial charge on any atom is -0.348 e. The number of aromatic nitrogens is 3. The summed E-state index contributed by atoms with van der Waals surface area (Å²) < 4.78 is 5.67. The van der Waals surface area contributed by atoms with Crippen LogP contribution in [0.4, 0.5) is 0 Å². The van der Waals surface area contributed by atoms with Crippen LogP contribution in [0.3, 0.4) is 0 Å². The molecule has 29 heavy (non-hydrogen) atoms. The fraction of sp³-hybridized carbons (Fsp3) is 0.429. The molecule has 150 valence electrons. The predicted octanol–water partition coefficient (Wildman–Crippen LogP) is 2.80. The first-order chi connectivity index (χ1) is 14.1. The Morgan fingerprint density at radius 1 is 1.38 bits per heavy atom. The topological polar surface area (TPSA) is 84.2 Å². The molecule has 3 aromatic rings. The minimum absolute atomic E-state index is 0.0836. The molecule has 2 fully saturated rings. The van der Waals surface area contributed by atoms with Crippen molar-refractivity contribution in [2.45, 2.75) is 37.8 Å². The van der Waals surface area contributed by atoms with E-state index in [0.29, 0.717) is 23.3 Å². The highest BCUT2D eigenvalue weighted by Gasteiger charge is 2.57. The van der Waals surface area contributed by atoms with E-state index < -0.39 is 0 Å². The number of benzene rings is 1. The van der Waals surface area contributed by atoms with Gasteiger partial charge in [-0.1, -0.05) is 35.5 Å². The lowest BCUT2D eigenvalue weighted by atomic mass is 9.80. The number of hydrogen-bond acceptors (Lipinski definition) is 7. The van der Waals surface area contributed by atoms with Gasteiger partial charge in [-0.25, -0.2) is 4.98 Å². The van der Waals surface area contributed by atoms with Gasteiger partial charge in [0.05, 0.1) is 10.9 Å². The molecule has 1 aromatic carbocycles. The Balaban J connectivity index is 1.36. The van der Waals surface area contributed by atoms with Gasteiger partial charge in [0.15, 0.2) is 5.82 Å². The average molecular weight is 410 g/mol. The van der Waals surface area contributed by atoms with E-state index in [-0.39, 0.29) is 17.4 Å². The van der Waals surface area contributed by atoms with Gasteiger partial charge in [0.2, 0.25) is 5.89 Å². The van der Waals surface area contributed by atoms with Crippen LogP contribution in [0.1, 0.15) is 40.6 Å². The fourth-order valence-electron chi connectivity index (χ4n) is 4.96.